The largest absolute Gasteiger partial charge is 0.299 e. The number of Topliss-reactive ketones (excluding diaryl/α,β-unsaturated/α-hetero) is 1. The van der Waals surface area contributed by atoms with Crippen molar-refractivity contribution >= 4 is 5.78 Å². The lowest BCUT2D eigenvalue weighted by Crippen LogP contribution is -2.22. The molecule has 2 saturated carbocycles. The fourth-order valence-electron chi connectivity index (χ4n) is 3.75. The molecule has 0 amide bonds. The van der Waals surface area contributed by atoms with Gasteiger partial charge in [-0.15, -0.1) is 0 Å². The van der Waals surface area contributed by atoms with Crippen molar-refractivity contribution in [3.63, 3.8) is 0 Å². The van der Waals surface area contributed by atoms with Gasteiger partial charge in [-0.2, -0.15) is 5.10 Å². The van der Waals surface area contributed by atoms with E-state index in [-0.39, 0.29) is 0 Å². The molecule has 3 rings (SSSR count). The lowest BCUT2D eigenvalue weighted by Gasteiger charge is -2.24. The molecule has 0 bridgehead atoms. The standard InChI is InChI=1S/C17H26N2O/c1-13-6-8-14(9-7-13)17(20)12-15-10-11-19(18-15)16-4-2-3-5-16/h10-11,13-14,16H,2-9,12H2,1H3. The predicted molar refractivity (Wildman–Crippen MR) is 79.6 cm³/mol. The Bertz CT molecular complexity index is 451. The molecule has 0 saturated heterocycles. The average Bonchev–Trinajstić information content (AvgIpc) is 3.09. The number of nitrogens with zero attached hydrogens (tertiary/aromatic N) is 2. The quantitative estimate of drug-likeness (QED) is 0.833. The number of carbonyl (C=O) groups excluding carboxylic acids is 1. The number of hydrogen-bond acceptors (Lipinski definition) is 2. The Hall–Kier alpha value is -1.12. The van der Waals surface area contributed by atoms with Crippen molar-refractivity contribution in [1.29, 1.82) is 0 Å². The molecular formula is C17H26N2O. The molecule has 0 aliphatic heterocycles. The monoisotopic (exact) mass is 274 g/mol. The average molecular weight is 274 g/mol. The second kappa shape index (κ2) is 6.11. The minimum Gasteiger partial charge on any atom is -0.299 e. The number of ketones is 1. The summed E-state index contributed by atoms with van der Waals surface area (Å²) in [6, 6.07) is 2.62. The predicted octanol–water partition coefficient (Wildman–Crippen LogP) is 3.94. The maximum atomic E-state index is 12.4. The summed E-state index contributed by atoms with van der Waals surface area (Å²) in [4.78, 5) is 12.4. The van der Waals surface area contributed by atoms with Gasteiger partial charge in [0, 0.05) is 12.1 Å². The Morgan fingerprint density at radius 2 is 1.90 bits per heavy atom. The van der Waals surface area contributed by atoms with Crippen molar-refractivity contribution in [3.05, 3.63) is 18.0 Å². The van der Waals surface area contributed by atoms with Gasteiger partial charge in [-0.05, 0) is 37.7 Å². The Kier molecular flexibility index (Phi) is 4.23. The molecule has 3 nitrogen and oxygen atoms in total. The fourth-order valence-corrected chi connectivity index (χ4v) is 3.75. The van der Waals surface area contributed by atoms with E-state index in [2.05, 4.69) is 22.9 Å². The van der Waals surface area contributed by atoms with Gasteiger partial charge in [-0.3, -0.25) is 9.48 Å². The van der Waals surface area contributed by atoms with Crippen LogP contribution in [0.1, 0.15) is 70.0 Å². The highest BCUT2D eigenvalue weighted by Crippen LogP contribution is 2.30. The fraction of sp³-hybridized carbons (Fsp3) is 0.765. The molecule has 0 unspecified atom stereocenters. The Morgan fingerprint density at radius 1 is 1.20 bits per heavy atom. The number of carbonyl (C=O) groups is 1. The minimum absolute atomic E-state index is 0.294. The SMILES string of the molecule is CC1CCC(C(=O)Cc2ccn(C3CCCC3)n2)CC1. The second-order valence-corrected chi connectivity index (χ2v) is 6.83. The van der Waals surface area contributed by atoms with E-state index in [1.54, 1.807) is 0 Å². The van der Waals surface area contributed by atoms with Gasteiger partial charge in [0.15, 0.2) is 0 Å². The first-order chi connectivity index (χ1) is 9.72. The lowest BCUT2D eigenvalue weighted by atomic mass is 9.80. The molecule has 1 aromatic rings. The van der Waals surface area contributed by atoms with Gasteiger partial charge in [0.05, 0.1) is 18.2 Å². The molecule has 0 radical (unpaired) electrons. The molecule has 1 aromatic heterocycles. The van der Waals surface area contributed by atoms with Gasteiger partial charge >= 0.3 is 0 Å². The molecule has 0 N–H and O–H groups in total. The zero-order chi connectivity index (χ0) is 13.9. The van der Waals surface area contributed by atoms with Gasteiger partial charge in [0.25, 0.3) is 0 Å². The van der Waals surface area contributed by atoms with Crippen LogP contribution in [0.3, 0.4) is 0 Å². The molecule has 2 aliphatic carbocycles. The first-order valence-corrected chi connectivity index (χ1v) is 8.29. The summed E-state index contributed by atoms with van der Waals surface area (Å²) in [5.41, 5.74) is 0.973. The van der Waals surface area contributed by atoms with Crippen molar-refractivity contribution in [2.24, 2.45) is 11.8 Å². The molecule has 2 fully saturated rings. The molecule has 0 atom stereocenters. The van der Waals surface area contributed by atoms with Crippen LogP contribution in [0.5, 0.6) is 0 Å². The van der Waals surface area contributed by atoms with Gasteiger partial charge < -0.3 is 0 Å². The first-order valence-electron chi connectivity index (χ1n) is 8.29. The Morgan fingerprint density at radius 3 is 2.60 bits per heavy atom. The molecule has 0 spiro atoms. The smallest absolute Gasteiger partial charge is 0.141 e. The normalized spacial score (nSPS) is 27.9. The summed E-state index contributed by atoms with van der Waals surface area (Å²) in [6.07, 6.45) is 12.3. The van der Waals surface area contributed by atoms with Crippen LogP contribution in [0.4, 0.5) is 0 Å². The highest BCUT2D eigenvalue weighted by atomic mass is 16.1. The topological polar surface area (TPSA) is 34.9 Å². The molecule has 20 heavy (non-hydrogen) atoms. The van der Waals surface area contributed by atoms with Gasteiger partial charge in [0.1, 0.15) is 5.78 Å². The molecule has 3 heteroatoms. The Balaban J connectivity index is 1.56. The summed E-state index contributed by atoms with van der Waals surface area (Å²) in [5, 5.41) is 4.64. The molecule has 0 aromatic carbocycles. The first kappa shape index (κ1) is 13.8. The van der Waals surface area contributed by atoms with Crippen LogP contribution in [0, 0.1) is 11.8 Å². The molecule has 2 aliphatic rings. The van der Waals surface area contributed by atoms with Gasteiger partial charge in [-0.25, -0.2) is 0 Å². The third kappa shape index (κ3) is 3.13. The highest BCUT2D eigenvalue weighted by molar-refractivity contribution is 5.82. The van der Waals surface area contributed by atoms with E-state index in [4.69, 9.17) is 0 Å². The van der Waals surface area contributed by atoms with E-state index < -0.39 is 0 Å². The third-order valence-electron chi connectivity index (χ3n) is 5.19. The number of hydrogen-bond donors (Lipinski definition) is 0. The molecular weight excluding hydrogens is 248 g/mol. The maximum Gasteiger partial charge on any atom is 0.141 e. The van der Waals surface area contributed by atoms with Crippen LogP contribution in [-0.2, 0) is 11.2 Å². The van der Waals surface area contributed by atoms with Crippen molar-refractivity contribution in [3.8, 4) is 0 Å². The lowest BCUT2D eigenvalue weighted by molar-refractivity contribution is -0.123. The zero-order valence-corrected chi connectivity index (χ0v) is 12.6. The summed E-state index contributed by atoms with van der Waals surface area (Å²) in [7, 11) is 0. The molecule has 1 heterocycles. The van der Waals surface area contributed by atoms with Crippen LogP contribution in [0.2, 0.25) is 0 Å². The van der Waals surface area contributed by atoms with E-state index in [1.165, 1.54) is 38.5 Å². The number of aromatic nitrogens is 2. The van der Waals surface area contributed by atoms with E-state index in [9.17, 15) is 4.79 Å². The third-order valence-corrected chi connectivity index (χ3v) is 5.19. The van der Waals surface area contributed by atoms with E-state index in [0.29, 0.717) is 24.2 Å². The Labute approximate surface area is 121 Å². The van der Waals surface area contributed by atoms with Gasteiger partial charge in [-0.1, -0.05) is 32.6 Å². The van der Waals surface area contributed by atoms with Crippen molar-refractivity contribution in [2.75, 3.05) is 0 Å². The van der Waals surface area contributed by atoms with E-state index >= 15 is 0 Å². The summed E-state index contributed by atoms with van der Waals surface area (Å²) >= 11 is 0. The van der Waals surface area contributed by atoms with Crippen LogP contribution < -0.4 is 0 Å². The van der Waals surface area contributed by atoms with Crippen LogP contribution in [0.25, 0.3) is 0 Å². The van der Waals surface area contributed by atoms with E-state index in [1.807, 2.05) is 6.07 Å². The summed E-state index contributed by atoms with van der Waals surface area (Å²) < 4.78 is 2.10. The van der Waals surface area contributed by atoms with Crippen LogP contribution in [-0.4, -0.2) is 15.6 Å². The van der Waals surface area contributed by atoms with Crippen molar-refractivity contribution in [2.45, 2.75) is 70.8 Å². The van der Waals surface area contributed by atoms with Crippen LogP contribution >= 0.6 is 0 Å². The highest BCUT2D eigenvalue weighted by Gasteiger charge is 2.25. The molecule has 110 valence electrons. The van der Waals surface area contributed by atoms with Gasteiger partial charge in [0.2, 0.25) is 0 Å². The van der Waals surface area contributed by atoms with E-state index in [0.717, 1.165) is 24.5 Å². The summed E-state index contributed by atoms with van der Waals surface area (Å²) in [6.45, 7) is 2.30. The maximum absolute atomic E-state index is 12.4. The van der Waals surface area contributed by atoms with Crippen LogP contribution in [0.15, 0.2) is 12.3 Å². The van der Waals surface area contributed by atoms with Crippen molar-refractivity contribution in [1.82, 2.24) is 9.78 Å². The summed E-state index contributed by atoms with van der Waals surface area (Å²) in [5.74, 6) is 1.51. The number of rotatable bonds is 4. The van der Waals surface area contributed by atoms with Crippen molar-refractivity contribution < 1.29 is 4.79 Å². The minimum atomic E-state index is 0.294. The zero-order valence-electron chi connectivity index (χ0n) is 12.6. The second-order valence-electron chi connectivity index (χ2n) is 6.83.